The Morgan fingerprint density at radius 1 is 1.50 bits per heavy atom. The minimum atomic E-state index is -0.703. The molecule has 7 heteroatoms. The van der Waals surface area contributed by atoms with Crippen molar-refractivity contribution in [3.8, 4) is 0 Å². The van der Waals surface area contributed by atoms with E-state index >= 15 is 0 Å². The largest absolute Gasteiger partial charge is 0.316 e. The molecule has 0 aromatic carbocycles. The molecule has 2 saturated heterocycles. The average Bonchev–Trinajstić information content (AvgIpc) is 3.14. The zero-order valence-corrected chi connectivity index (χ0v) is 15.9. The van der Waals surface area contributed by atoms with E-state index in [9.17, 15) is 4.39 Å². The number of hydrogen-bond donors (Lipinski definition) is 1. The van der Waals surface area contributed by atoms with Crippen molar-refractivity contribution in [3.05, 3.63) is 18.0 Å². The van der Waals surface area contributed by atoms with E-state index in [1.54, 1.807) is 0 Å². The number of halogens is 2. The molecule has 3 heterocycles. The number of aryl methyl sites for hydroxylation is 1. The normalized spacial score (nSPS) is 30.9. The van der Waals surface area contributed by atoms with E-state index in [1.165, 1.54) is 6.42 Å². The molecule has 3 rings (SSSR count). The predicted molar refractivity (Wildman–Crippen MR) is 97.3 cm³/mol. The van der Waals surface area contributed by atoms with Crippen LogP contribution in [-0.4, -0.2) is 71.6 Å². The van der Waals surface area contributed by atoms with E-state index in [2.05, 4.69) is 34.2 Å². The number of nitrogens with one attached hydrogen (secondary N) is 1. The molecule has 0 spiro atoms. The van der Waals surface area contributed by atoms with Crippen LogP contribution in [0.4, 0.5) is 4.39 Å². The maximum atomic E-state index is 14.0. The van der Waals surface area contributed by atoms with Crippen molar-refractivity contribution in [3.63, 3.8) is 0 Å². The van der Waals surface area contributed by atoms with Crippen molar-refractivity contribution in [2.24, 2.45) is 12.5 Å². The molecule has 5 nitrogen and oxygen atoms in total. The molecule has 2 aliphatic rings. The number of hydrogen-bond acceptors (Lipinski definition) is 4. The molecule has 2 aliphatic heterocycles. The van der Waals surface area contributed by atoms with Gasteiger partial charge in [-0.1, -0.05) is 6.92 Å². The van der Waals surface area contributed by atoms with Crippen LogP contribution in [0.2, 0.25) is 0 Å². The molecule has 0 radical (unpaired) electrons. The minimum Gasteiger partial charge on any atom is -0.316 e. The average molecular weight is 360 g/mol. The molecule has 0 amide bonds. The van der Waals surface area contributed by atoms with Gasteiger partial charge >= 0.3 is 0 Å². The van der Waals surface area contributed by atoms with Crippen LogP contribution in [0.25, 0.3) is 0 Å². The molecule has 24 heavy (non-hydrogen) atoms. The zero-order chi connectivity index (χ0) is 16.4. The first-order chi connectivity index (χ1) is 11.0. The Bertz CT molecular complexity index is 517. The molecule has 1 aromatic rings. The fraction of sp³-hybridized carbons (Fsp3) is 0.824. The standard InChI is InChI=1S/C17H30FN5.ClH/c1-17(5-7-19-12-17)13-21(2)10-16-8-14(18)9-23(16)11-15-4-6-20-22(15)3;/h4,6,14,16,19H,5,7-13H2,1-3H3;1H/t14-,16-,17?;/m0./s1. The lowest BCUT2D eigenvalue weighted by Crippen LogP contribution is -2.43. The van der Waals surface area contributed by atoms with Crippen molar-refractivity contribution in [1.29, 1.82) is 0 Å². The van der Waals surface area contributed by atoms with Gasteiger partial charge in [0.2, 0.25) is 0 Å². The summed E-state index contributed by atoms with van der Waals surface area (Å²) in [6, 6.07) is 2.32. The topological polar surface area (TPSA) is 36.3 Å². The van der Waals surface area contributed by atoms with Crippen LogP contribution >= 0.6 is 12.4 Å². The maximum Gasteiger partial charge on any atom is 0.114 e. The SMILES string of the molecule is CN(C[C@@H]1C[C@H](F)CN1Cc1ccnn1C)CC1(C)CCNC1.Cl. The van der Waals surface area contributed by atoms with Crippen molar-refractivity contribution in [2.75, 3.05) is 39.8 Å². The quantitative estimate of drug-likeness (QED) is 0.838. The summed E-state index contributed by atoms with van der Waals surface area (Å²) in [4.78, 5) is 4.68. The van der Waals surface area contributed by atoms with E-state index in [1.807, 2.05) is 24.0 Å². The second kappa shape index (κ2) is 8.13. The van der Waals surface area contributed by atoms with Crippen molar-refractivity contribution in [1.82, 2.24) is 24.9 Å². The molecule has 0 saturated carbocycles. The summed E-state index contributed by atoms with van der Waals surface area (Å²) in [5.41, 5.74) is 1.51. The zero-order valence-electron chi connectivity index (χ0n) is 15.0. The lowest BCUT2D eigenvalue weighted by Gasteiger charge is -2.33. The van der Waals surface area contributed by atoms with Crippen LogP contribution in [-0.2, 0) is 13.6 Å². The number of rotatable bonds is 6. The molecule has 3 atom stereocenters. The third-order valence-electron chi connectivity index (χ3n) is 5.40. The Morgan fingerprint density at radius 2 is 2.29 bits per heavy atom. The molecular formula is C17H31ClFN5. The lowest BCUT2D eigenvalue weighted by molar-refractivity contribution is 0.147. The highest BCUT2D eigenvalue weighted by atomic mass is 35.5. The second-order valence-corrected chi connectivity index (χ2v) is 7.80. The van der Waals surface area contributed by atoms with Crippen LogP contribution in [0, 0.1) is 5.41 Å². The highest BCUT2D eigenvalue weighted by molar-refractivity contribution is 5.85. The number of nitrogens with zero attached hydrogens (tertiary/aromatic N) is 4. The van der Waals surface area contributed by atoms with E-state index < -0.39 is 6.17 Å². The van der Waals surface area contributed by atoms with Crippen LogP contribution in [0.15, 0.2) is 12.3 Å². The van der Waals surface area contributed by atoms with E-state index in [4.69, 9.17) is 0 Å². The molecule has 1 N–H and O–H groups in total. The Kier molecular flexibility index (Phi) is 6.65. The van der Waals surface area contributed by atoms with Crippen LogP contribution < -0.4 is 5.32 Å². The van der Waals surface area contributed by atoms with Crippen LogP contribution in [0.3, 0.4) is 0 Å². The Labute approximate surface area is 151 Å². The summed E-state index contributed by atoms with van der Waals surface area (Å²) >= 11 is 0. The van der Waals surface area contributed by atoms with Crippen LogP contribution in [0.5, 0.6) is 0 Å². The molecule has 1 unspecified atom stereocenters. The molecule has 0 bridgehead atoms. The third kappa shape index (κ3) is 4.69. The fourth-order valence-corrected chi connectivity index (χ4v) is 4.15. The van der Waals surface area contributed by atoms with Crippen molar-refractivity contribution >= 4 is 12.4 Å². The summed E-state index contributed by atoms with van der Waals surface area (Å²) in [6.07, 6.45) is 2.99. The predicted octanol–water partition coefficient (Wildman–Crippen LogP) is 1.69. The van der Waals surface area contributed by atoms with Gasteiger partial charge in [-0.15, -0.1) is 12.4 Å². The lowest BCUT2D eigenvalue weighted by atomic mass is 9.89. The summed E-state index contributed by atoms with van der Waals surface area (Å²) in [6.45, 7) is 7.90. The summed E-state index contributed by atoms with van der Waals surface area (Å²) in [5, 5.41) is 7.68. The number of aromatic nitrogens is 2. The molecule has 1 aromatic heterocycles. The van der Waals surface area contributed by atoms with Crippen LogP contribution in [0.1, 0.15) is 25.5 Å². The highest BCUT2D eigenvalue weighted by Crippen LogP contribution is 2.27. The Balaban J connectivity index is 0.00000208. The highest BCUT2D eigenvalue weighted by Gasteiger charge is 2.35. The molecule has 0 aliphatic carbocycles. The first-order valence-corrected chi connectivity index (χ1v) is 8.69. The van der Waals surface area contributed by atoms with E-state index in [-0.39, 0.29) is 12.4 Å². The van der Waals surface area contributed by atoms with Gasteiger partial charge in [0.1, 0.15) is 6.17 Å². The third-order valence-corrected chi connectivity index (χ3v) is 5.40. The van der Waals surface area contributed by atoms with E-state index in [0.29, 0.717) is 24.4 Å². The maximum absolute atomic E-state index is 14.0. The van der Waals surface area contributed by atoms with Gasteiger partial charge < -0.3 is 10.2 Å². The van der Waals surface area contributed by atoms with Gasteiger partial charge in [-0.2, -0.15) is 5.10 Å². The Hall–Kier alpha value is -0.690. The monoisotopic (exact) mass is 359 g/mol. The van der Waals surface area contributed by atoms with Gasteiger partial charge in [0.15, 0.2) is 0 Å². The summed E-state index contributed by atoms with van der Waals surface area (Å²) < 4.78 is 15.9. The smallest absolute Gasteiger partial charge is 0.114 e. The first-order valence-electron chi connectivity index (χ1n) is 8.69. The van der Waals surface area contributed by atoms with Gasteiger partial charge in [0.25, 0.3) is 0 Å². The van der Waals surface area contributed by atoms with Gasteiger partial charge in [-0.05, 0) is 37.9 Å². The van der Waals surface area contributed by atoms with Gasteiger partial charge in [0, 0.05) is 52.0 Å². The molecule has 2 fully saturated rings. The second-order valence-electron chi connectivity index (χ2n) is 7.80. The number of likely N-dealkylation sites (N-methyl/N-ethyl adjacent to an activating group) is 1. The van der Waals surface area contributed by atoms with Gasteiger partial charge in [-0.3, -0.25) is 9.58 Å². The van der Waals surface area contributed by atoms with Gasteiger partial charge in [-0.25, -0.2) is 4.39 Å². The van der Waals surface area contributed by atoms with E-state index in [0.717, 1.165) is 38.4 Å². The summed E-state index contributed by atoms with van der Waals surface area (Å²) in [7, 11) is 4.13. The number of likely N-dealkylation sites (tertiary alicyclic amines) is 1. The summed E-state index contributed by atoms with van der Waals surface area (Å²) in [5.74, 6) is 0. The molecule has 138 valence electrons. The van der Waals surface area contributed by atoms with Crippen molar-refractivity contribution in [2.45, 2.75) is 38.5 Å². The number of alkyl halides is 1. The Morgan fingerprint density at radius 3 is 2.92 bits per heavy atom. The van der Waals surface area contributed by atoms with Gasteiger partial charge in [0.05, 0.1) is 5.69 Å². The first kappa shape index (κ1) is 19.6. The van der Waals surface area contributed by atoms with Crippen molar-refractivity contribution < 1.29 is 4.39 Å². The minimum absolute atomic E-state index is 0. The fourth-order valence-electron chi connectivity index (χ4n) is 4.15. The molecular weight excluding hydrogens is 329 g/mol.